The van der Waals surface area contributed by atoms with Gasteiger partial charge in [-0.05, 0) is 49.7 Å². The van der Waals surface area contributed by atoms with Gasteiger partial charge in [0.15, 0.2) is 5.58 Å². The number of anilines is 1. The van der Waals surface area contributed by atoms with Crippen LogP contribution in [0.25, 0.3) is 11.0 Å². The molecule has 2 heterocycles. The Kier molecular flexibility index (Phi) is 7.52. The number of ether oxygens (including phenoxy) is 3. The Morgan fingerprint density at radius 1 is 1.05 bits per heavy atom. The molecule has 37 heavy (non-hydrogen) atoms. The molecule has 0 bridgehead atoms. The van der Waals surface area contributed by atoms with Crippen molar-refractivity contribution in [2.45, 2.75) is 27.4 Å². The Labute approximate surface area is 213 Å². The molecule has 0 aliphatic rings. The molecule has 0 aliphatic heterocycles. The van der Waals surface area contributed by atoms with E-state index >= 15 is 0 Å². The number of hydrogen-bond donors (Lipinski definition) is 1. The van der Waals surface area contributed by atoms with E-state index < -0.39 is 11.9 Å². The highest BCUT2D eigenvalue weighted by Gasteiger charge is 2.18. The van der Waals surface area contributed by atoms with Gasteiger partial charge in [0, 0.05) is 30.1 Å². The number of nitrogens with one attached hydrogen (secondary N) is 1. The average molecular weight is 502 g/mol. The smallest absolute Gasteiger partial charge is 0.302 e. The van der Waals surface area contributed by atoms with E-state index in [-0.39, 0.29) is 17.7 Å². The zero-order chi connectivity index (χ0) is 26.5. The van der Waals surface area contributed by atoms with Crippen molar-refractivity contribution in [2.24, 2.45) is 4.99 Å². The van der Waals surface area contributed by atoms with Gasteiger partial charge in [0.25, 0.3) is 5.91 Å². The van der Waals surface area contributed by atoms with Gasteiger partial charge < -0.3 is 23.9 Å². The molecule has 1 N–H and O–H groups in total. The second-order valence-electron chi connectivity index (χ2n) is 8.33. The second kappa shape index (κ2) is 10.9. The molecule has 2 aromatic heterocycles. The van der Waals surface area contributed by atoms with Crippen LogP contribution < -0.4 is 20.3 Å². The van der Waals surface area contributed by atoms with E-state index in [1.54, 1.807) is 56.6 Å². The number of amides is 1. The first-order chi connectivity index (χ1) is 17.8. The van der Waals surface area contributed by atoms with E-state index in [0.29, 0.717) is 45.1 Å². The van der Waals surface area contributed by atoms with Crippen molar-refractivity contribution < 1.29 is 28.2 Å². The predicted octanol–water partition coefficient (Wildman–Crippen LogP) is 5.01. The maximum Gasteiger partial charge on any atom is 0.302 e. The maximum atomic E-state index is 13.6. The number of hydrogen-bond acceptors (Lipinski definition) is 8. The van der Waals surface area contributed by atoms with Crippen molar-refractivity contribution in [2.75, 3.05) is 19.5 Å². The summed E-state index contributed by atoms with van der Waals surface area (Å²) in [5, 5.41) is 3.49. The normalized spacial score (nSPS) is 11.3. The van der Waals surface area contributed by atoms with Crippen molar-refractivity contribution in [1.82, 2.24) is 4.98 Å². The number of fused-ring (bicyclic) bond motifs is 1. The zero-order valence-electron chi connectivity index (χ0n) is 21.2. The number of carbonyl (C=O) groups excluding carboxylic acids is 2. The fourth-order valence-electron chi connectivity index (χ4n) is 3.73. The van der Waals surface area contributed by atoms with Crippen LogP contribution in [0.2, 0.25) is 0 Å². The average Bonchev–Trinajstić information content (AvgIpc) is 2.88. The van der Waals surface area contributed by atoms with Gasteiger partial charge in [0.05, 0.1) is 31.3 Å². The van der Waals surface area contributed by atoms with E-state index in [0.717, 1.165) is 5.56 Å². The minimum Gasteiger partial charge on any atom is -0.497 e. The highest BCUT2D eigenvalue weighted by Crippen LogP contribution is 2.27. The lowest BCUT2D eigenvalue weighted by molar-refractivity contribution is -0.142. The molecule has 0 saturated carbocycles. The first kappa shape index (κ1) is 25.4. The van der Waals surface area contributed by atoms with Crippen LogP contribution in [0.15, 0.2) is 64.1 Å². The number of aromatic nitrogens is 1. The van der Waals surface area contributed by atoms with Gasteiger partial charge in [-0.2, -0.15) is 0 Å². The molecular formula is C28H27N3O6. The predicted molar refractivity (Wildman–Crippen MR) is 138 cm³/mol. The molecule has 0 unspecified atom stereocenters. The van der Waals surface area contributed by atoms with Gasteiger partial charge in [-0.3, -0.25) is 14.6 Å². The summed E-state index contributed by atoms with van der Waals surface area (Å²) in [6.07, 6.45) is 1.60. The lowest BCUT2D eigenvalue weighted by atomic mass is 10.1. The third-order valence-electron chi connectivity index (χ3n) is 5.61. The molecule has 0 atom stereocenters. The molecule has 0 saturated heterocycles. The third-order valence-corrected chi connectivity index (χ3v) is 5.61. The van der Waals surface area contributed by atoms with Crippen LogP contribution in [-0.2, 0) is 16.1 Å². The molecular weight excluding hydrogens is 474 g/mol. The Balaban J connectivity index is 1.92. The monoisotopic (exact) mass is 501 g/mol. The van der Waals surface area contributed by atoms with Gasteiger partial charge in [-0.15, -0.1) is 0 Å². The molecule has 0 fully saturated rings. The number of aryl methyl sites for hydroxylation is 2. The van der Waals surface area contributed by atoms with E-state index in [1.165, 1.54) is 14.0 Å². The van der Waals surface area contributed by atoms with Crippen LogP contribution in [0.1, 0.15) is 34.1 Å². The van der Waals surface area contributed by atoms with Crippen LogP contribution in [0, 0.1) is 13.8 Å². The van der Waals surface area contributed by atoms with Crippen LogP contribution in [-0.4, -0.2) is 31.1 Å². The molecule has 0 aliphatic carbocycles. The highest BCUT2D eigenvalue weighted by atomic mass is 16.5. The summed E-state index contributed by atoms with van der Waals surface area (Å²) in [7, 11) is 3.10. The quantitative estimate of drug-likeness (QED) is 0.354. The first-order valence-electron chi connectivity index (χ1n) is 11.5. The summed E-state index contributed by atoms with van der Waals surface area (Å²) in [5.74, 6) is 0.238. The molecule has 4 aromatic rings. The highest BCUT2D eigenvalue weighted by molar-refractivity contribution is 6.06. The lowest BCUT2D eigenvalue weighted by Gasteiger charge is -2.13. The van der Waals surface area contributed by atoms with E-state index in [2.05, 4.69) is 15.3 Å². The van der Waals surface area contributed by atoms with Crippen LogP contribution >= 0.6 is 0 Å². The number of benzene rings is 2. The van der Waals surface area contributed by atoms with Gasteiger partial charge in [0.2, 0.25) is 5.55 Å². The Bertz CT molecular complexity index is 1560. The molecule has 2 aromatic carbocycles. The Hall–Kier alpha value is -4.66. The fourth-order valence-corrected chi connectivity index (χ4v) is 3.73. The lowest BCUT2D eigenvalue weighted by Crippen LogP contribution is -2.22. The van der Waals surface area contributed by atoms with Gasteiger partial charge in [-0.1, -0.05) is 12.1 Å². The van der Waals surface area contributed by atoms with E-state index in [4.69, 9.17) is 18.6 Å². The first-order valence-corrected chi connectivity index (χ1v) is 11.5. The number of pyridine rings is 1. The summed E-state index contributed by atoms with van der Waals surface area (Å²) in [6.45, 7) is 5.01. The van der Waals surface area contributed by atoms with Gasteiger partial charge in [-0.25, -0.2) is 4.99 Å². The fraction of sp³-hybridized carbons (Fsp3) is 0.214. The van der Waals surface area contributed by atoms with Crippen LogP contribution in [0.4, 0.5) is 11.4 Å². The SMILES string of the molecule is COc1cccc(N=c2oc3c(C)ncc(COC(C)=O)c3cc2C(=O)Nc2cc(C)ccc2OC)c1. The van der Waals surface area contributed by atoms with Crippen molar-refractivity contribution in [3.05, 3.63) is 82.7 Å². The van der Waals surface area contributed by atoms with Gasteiger partial charge >= 0.3 is 5.97 Å². The molecule has 9 nitrogen and oxygen atoms in total. The summed E-state index contributed by atoms with van der Waals surface area (Å²) in [4.78, 5) is 34.0. The minimum atomic E-state index is -0.455. The van der Waals surface area contributed by atoms with Crippen molar-refractivity contribution in [3.63, 3.8) is 0 Å². The number of esters is 1. The molecule has 0 radical (unpaired) electrons. The van der Waals surface area contributed by atoms with E-state index in [9.17, 15) is 9.59 Å². The number of rotatable bonds is 7. The van der Waals surface area contributed by atoms with Crippen molar-refractivity contribution in [3.8, 4) is 11.5 Å². The topological polar surface area (TPSA) is 112 Å². The van der Waals surface area contributed by atoms with Gasteiger partial charge in [0.1, 0.15) is 23.7 Å². The van der Waals surface area contributed by atoms with Crippen LogP contribution in [0.3, 0.4) is 0 Å². The summed E-state index contributed by atoms with van der Waals surface area (Å²) in [5.41, 5.74) is 3.86. The number of nitrogens with zero attached hydrogens (tertiary/aromatic N) is 2. The summed E-state index contributed by atoms with van der Waals surface area (Å²) >= 11 is 0. The molecule has 4 rings (SSSR count). The maximum absolute atomic E-state index is 13.6. The molecule has 9 heteroatoms. The third kappa shape index (κ3) is 5.78. The standard InChI is InChI=1S/C28H27N3O6/c1-16-9-10-25(35-5)24(11-16)31-27(33)23-13-22-19(15-36-18(3)32)14-29-17(2)26(22)37-28(23)30-20-7-6-8-21(12-20)34-4/h6-14H,15H2,1-5H3,(H,31,33). The molecule has 190 valence electrons. The molecule has 1 amide bonds. The van der Waals surface area contributed by atoms with Crippen molar-refractivity contribution in [1.29, 1.82) is 0 Å². The van der Waals surface area contributed by atoms with Crippen molar-refractivity contribution >= 4 is 34.2 Å². The Morgan fingerprint density at radius 3 is 2.59 bits per heavy atom. The zero-order valence-corrected chi connectivity index (χ0v) is 21.2. The minimum absolute atomic E-state index is 0.0201. The Morgan fingerprint density at radius 2 is 1.86 bits per heavy atom. The van der Waals surface area contributed by atoms with Crippen LogP contribution in [0.5, 0.6) is 11.5 Å². The second-order valence-corrected chi connectivity index (χ2v) is 8.33. The van der Waals surface area contributed by atoms with E-state index in [1.807, 2.05) is 19.1 Å². The molecule has 0 spiro atoms. The summed E-state index contributed by atoms with van der Waals surface area (Å²) in [6, 6.07) is 14.2. The number of methoxy groups -OCH3 is 2. The largest absolute Gasteiger partial charge is 0.497 e. The number of carbonyl (C=O) groups is 2. The summed E-state index contributed by atoms with van der Waals surface area (Å²) < 4.78 is 22.1.